The summed E-state index contributed by atoms with van der Waals surface area (Å²) in [7, 11) is 0. The van der Waals surface area contributed by atoms with Crippen LogP contribution in [0, 0.1) is 0 Å². The zero-order valence-electron chi connectivity index (χ0n) is 7.59. The molecule has 11 heavy (non-hydrogen) atoms. The Labute approximate surface area is 68.6 Å². The molecule has 66 valence electrons. The van der Waals surface area contributed by atoms with Crippen LogP contribution < -0.4 is 0 Å². The SMILES string of the molecule is C=C(C)[C@@H](O)CCC(C)(C)O. The summed E-state index contributed by atoms with van der Waals surface area (Å²) in [5.41, 5.74) is 0.0745. The zero-order valence-corrected chi connectivity index (χ0v) is 7.59. The van der Waals surface area contributed by atoms with E-state index in [1.54, 1.807) is 20.8 Å². The van der Waals surface area contributed by atoms with Crippen molar-refractivity contribution in [3.8, 4) is 0 Å². The van der Waals surface area contributed by atoms with Crippen molar-refractivity contribution in [3.05, 3.63) is 12.2 Å². The first kappa shape index (κ1) is 10.7. The van der Waals surface area contributed by atoms with Crippen LogP contribution in [0.25, 0.3) is 0 Å². The predicted octanol–water partition coefficient (Wildman–Crippen LogP) is 1.47. The lowest BCUT2D eigenvalue weighted by Gasteiger charge is -2.19. The van der Waals surface area contributed by atoms with Crippen LogP contribution in [-0.4, -0.2) is 21.9 Å². The van der Waals surface area contributed by atoms with E-state index in [0.29, 0.717) is 12.8 Å². The van der Waals surface area contributed by atoms with Crippen LogP contribution in [0.1, 0.15) is 33.6 Å². The fourth-order valence-electron chi connectivity index (χ4n) is 0.736. The molecule has 0 aromatic carbocycles. The molecule has 0 aliphatic heterocycles. The van der Waals surface area contributed by atoms with Crippen molar-refractivity contribution in [3.63, 3.8) is 0 Å². The van der Waals surface area contributed by atoms with Gasteiger partial charge < -0.3 is 10.2 Å². The van der Waals surface area contributed by atoms with Gasteiger partial charge in [0.15, 0.2) is 0 Å². The van der Waals surface area contributed by atoms with Crippen molar-refractivity contribution in [1.29, 1.82) is 0 Å². The molecule has 2 heteroatoms. The minimum Gasteiger partial charge on any atom is -0.390 e. The maximum Gasteiger partial charge on any atom is 0.0745 e. The van der Waals surface area contributed by atoms with Crippen molar-refractivity contribution >= 4 is 0 Å². The van der Waals surface area contributed by atoms with E-state index in [1.165, 1.54) is 0 Å². The second-order valence-electron chi connectivity index (χ2n) is 3.71. The third kappa shape index (κ3) is 6.07. The Balaban J connectivity index is 3.63. The molecule has 0 rings (SSSR count). The molecule has 2 N–H and O–H groups in total. The van der Waals surface area contributed by atoms with Crippen LogP contribution in [0.4, 0.5) is 0 Å². The molecule has 0 saturated heterocycles. The van der Waals surface area contributed by atoms with E-state index in [2.05, 4.69) is 6.58 Å². The van der Waals surface area contributed by atoms with E-state index >= 15 is 0 Å². The number of hydrogen-bond acceptors (Lipinski definition) is 2. The van der Waals surface area contributed by atoms with E-state index in [0.717, 1.165) is 5.57 Å². The molecular formula is C9H18O2. The molecule has 0 bridgehead atoms. The zero-order chi connectivity index (χ0) is 9.07. The molecule has 1 atom stereocenters. The van der Waals surface area contributed by atoms with Crippen LogP contribution in [0.2, 0.25) is 0 Å². The van der Waals surface area contributed by atoms with Gasteiger partial charge in [0, 0.05) is 0 Å². The molecular weight excluding hydrogens is 140 g/mol. The molecule has 0 heterocycles. The summed E-state index contributed by atoms with van der Waals surface area (Å²) in [4.78, 5) is 0. The quantitative estimate of drug-likeness (QED) is 0.608. The highest BCUT2D eigenvalue weighted by Gasteiger charge is 2.15. The Morgan fingerprint density at radius 3 is 2.27 bits per heavy atom. The van der Waals surface area contributed by atoms with Crippen LogP contribution in [0.3, 0.4) is 0 Å². The van der Waals surface area contributed by atoms with E-state index in [1.807, 2.05) is 0 Å². The average Bonchev–Trinajstić information content (AvgIpc) is 1.80. The summed E-state index contributed by atoms with van der Waals surface area (Å²) in [6.45, 7) is 8.88. The Hall–Kier alpha value is -0.340. The number of hydrogen-bond donors (Lipinski definition) is 2. The van der Waals surface area contributed by atoms with Gasteiger partial charge in [-0.3, -0.25) is 0 Å². The van der Waals surface area contributed by atoms with Gasteiger partial charge in [0.05, 0.1) is 11.7 Å². The Kier molecular flexibility index (Phi) is 3.76. The van der Waals surface area contributed by atoms with Gasteiger partial charge in [0.25, 0.3) is 0 Å². The summed E-state index contributed by atoms with van der Waals surface area (Å²) in [5.74, 6) is 0. The highest BCUT2D eigenvalue weighted by Crippen LogP contribution is 2.14. The first-order valence-corrected chi connectivity index (χ1v) is 3.89. The van der Waals surface area contributed by atoms with Crippen LogP contribution >= 0.6 is 0 Å². The van der Waals surface area contributed by atoms with Crippen molar-refractivity contribution in [1.82, 2.24) is 0 Å². The van der Waals surface area contributed by atoms with Gasteiger partial charge in [-0.1, -0.05) is 12.2 Å². The van der Waals surface area contributed by atoms with Crippen LogP contribution in [0.15, 0.2) is 12.2 Å². The maximum atomic E-state index is 9.31. The lowest BCUT2D eigenvalue weighted by Crippen LogP contribution is -2.21. The molecule has 0 aliphatic carbocycles. The summed E-state index contributed by atoms with van der Waals surface area (Å²) in [5, 5.41) is 18.6. The molecule has 0 fully saturated rings. The molecule has 0 unspecified atom stereocenters. The van der Waals surface area contributed by atoms with Crippen molar-refractivity contribution in [2.75, 3.05) is 0 Å². The Morgan fingerprint density at radius 2 is 2.00 bits per heavy atom. The molecule has 0 spiro atoms. The van der Waals surface area contributed by atoms with Crippen molar-refractivity contribution in [2.24, 2.45) is 0 Å². The van der Waals surface area contributed by atoms with Crippen molar-refractivity contribution < 1.29 is 10.2 Å². The molecule has 0 aliphatic rings. The molecule has 0 radical (unpaired) electrons. The van der Waals surface area contributed by atoms with E-state index < -0.39 is 11.7 Å². The number of aliphatic hydroxyl groups excluding tert-OH is 1. The van der Waals surface area contributed by atoms with Gasteiger partial charge in [-0.2, -0.15) is 0 Å². The number of rotatable bonds is 4. The van der Waals surface area contributed by atoms with Gasteiger partial charge in [-0.05, 0) is 33.6 Å². The third-order valence-electron chi connectivity index (χ3n) is 1.60. The lowest BCUT2D eigenvalue weighted by atomic mass is 9.98. The first-order valence-electron chi connectivity index (χ1n) is 3.89. The fourth-order valence-corrected chi connectivity index (χ4v) is 0.736. The summed E-state index contributed by atoms with van der Waals surface area (Å²) >= 11 is 0. The molecule has 0 saturated carbocycles. The minimum absolute atomic E-state index is 0.471. The van der Waals surface area contributed by atoms with E-state index in [-0.39, 0.29) is 0 Å². The maximum absolute atomic E-state index is 9.31. The predicted molar refractivity (Wildman–Crippen MR) is 46.4 cm³/mol. The van der Waals surface area contributed by atoms with Gasteiger partial charge in [-0.25, -0.2) is 0 Å². The molecule has 0 amide bonds. The smallest absolute Gasteiger partial charge is 0.0745 e. The average molecular weight is 158 g/mol. The third-order valence-corrected chi connectivity index (χ3v) is 1.60. The monoisotopic (exact) mass is 158 g/mol. The Bertz CT molecular complexity index is 133. The van der Waals surface area contributed by atoms with Gasteiger partial charge >= 0.3 is 0 Å². The van der Waals surface area contributed by atoms with Crippen LogP contribution in [0.5, 0.6) is 0 Å². The van der Waals surface area contributed by atoms with Gasteiger partial charge in [0.1, 0.15) is 0 Å². The fraction of sp³-hybridized carbons (Fsp3) is 0.778. The van der Waals surface area contributed by atoms with Crippen molar-refractivity contribution in [2.45, 2.75) is 45.3 Å². The summed E-state index contributed by atoms with van der Waals surface area (Å²) < 4.78 is 0. The van der Waals surface area contributed by atoms with Gasteiger partial charge in [-0.15, -0.1) is 0 Å². The minimum atomic E-state index is -0.684. The molecule has 0 aromatic heterocycles. The topological polar surface area (TPSA) is 40.5 Å². The number of aliphatic hydroxyl groups is 2. The first-order chi connectivity index (χ1) is 4.83. The standard InChI is InChI=1S/C9H18O2/c1-7(2)8(10)5-6-9(3,4)11/h8,10-11H,1,5-6H2,2-4H3/t8-/m0/s1. The highest BCUT2D eigenvalue weighted by atomic mass is 16.3. The summed E-state index contributed by atoms with van der Waals surface area (Å²) in [6.07, 6.45) is 0.710. The Morgan fingerprint density at radius 1 is 1.55 bits per heavy atom. The second kappa shape index (κ2) is 3.88. The van der Waals surface area contributed by atoms with Gasteiger partial charge in [0.2, 0.25) is 0 Å². The second-order valence-corrected chi connectivity index (χ2v) is 3.71. The summed E-state index contributed by atoms with van der Waals surface area (Å²) in [6, 6.07) is 0. The lowest BCUT2D eigenvalue weighted by molar-refractivity contribution is 0.0544. The van der Waals surface area contributed by atoms with E-state index in [4.69, 9.17) is 0 Å². The van der Waals surface area contributed by atoms with Crippen LogP contribution in [-0.2, 0) is 0 Å². The normalized spacial score (nSPS) is 14.6. The van der Waals surface area contributed by atoms with E-state index in [9.17, 15) is 10.2 Å². The molecule has 2 nitrogen and oxygen atoms in total. The highest BCUT2D eigenvalue weighted by molar-refractivity contribution is 4.96. The largest absolute Gasteiger partial charge is 0.390 e. The molecule has 0 aromatic rings.